The van der Waals surface area contributed by atoms with Crippen LogP contribution in [0.3, 0.4) is 0 Å². The fourth-order valence-electron chi connectivity index (χ4n) is 1.34. The first-order chi connectivity index (χ1) is 8.08. The third kappa shape index (κ3) is 4.30. The number of ether oxygens (including phenoxy) is 1. The van der Waals surface area contributed by atoms with Crippen LogP contribution in [0.4, 0.5) is 0 Å². The normalized spacial score (nSPS) is 13.3. The minimum atomic E-state index is -0.553. The average molecular weight is 362 g/mol. The van der Waals surface area contributed by atoms with Gasteiger partial charge in [-0.25, -0.2) is 0 Å². The zero-order chi connectivity index (χ0) is 12.8. The number of hydrogen-bond donors (Lipinski definition) is 1. The molecule has 0 amide bonds. The van der Waals surface area contributed by atoms with Gasteiger partial charge in [-0.2, -0.15) is 0 Å². The van der Waals surface area contributed by atoms with E-state index in [1.54, 1.807) is 13.2 Å². The van der Waals surface area contributed by atoms with Crippen LogP contribution in [-0.4, -0.2) is 12.2 Å². The highest BCUT2D eigenvalue weighted by Gasteiger charge is 2.10. The highest BCUT2D eigenvalue weighted by Crippen LogP contribution is 2.29. The Hall–Kier alpha value is -0.580. The molecule has 0 saturated heterocycles. The first kappa shape index (κ1) is 14.5. The van der Waals surface area contributed by atoms with Crippen LogP contribution in [0.25, 0.3) is 0 Å². The van der Waals surface area contributed by atoms with Crippen LogP contribution in [0.2, 0.25) is 0 Å². The molecule has 1 rings (SSSR count). The summed E-state index contributed by atoms with van der Waals surface area (Å²) in [5, 5.41) is 10.0. The topological polar surface area (TPSA) is 29.5 Å². The molecule has 4 heteroatoms. The van der Waals surface area contributed by atoms with Crippen molar-refractivity contribution >= 4 is 31.9 Å². The van der Waals surface area contributed by atoms with Crippen LogP contribution in [-0.2, 0) is 0 Å². The van der Waals surface area contributed by atoms with Gasteiger partial charge in [0.1, 0.15) is 5.75 Å². The SMILES string of the molecule is C=C/C(Br)=C/CC(O)c1ccc(OC)cc1Br. The van der Waals surface area contributed by atoms with Gasteiger partial charge in [-0.1, -0.05) is 56.7 Å². The second kappa shape index (κ2) is 6.99. The molecule has 1 N–H and O–H groups in total. The Bertz CT molecular complexity index is 427. The first-order valence-electron chi connectivity index (χ1n) is 5.08. The van der Waals surface area contributed by atoms with E-state index in [1.807, 2.05) is 24.3 Å². The van der Waals surface area contributed by atoms with Gasteiger partial charge in [-0.15, -0.1) is 0 Å². The third-order valence-corrected chi connectivity index (χ3v) is 3.63. The lowest BCUT2D eigenvalue weighted by atomic mass is 10.1. The third-order valence-electron chi connectivity index (χ3n) is 2.30. The highest BCUT2D eigenvalue weighted by molar-refractivity contribution is 9.12. The Morgan fingerprint density at radius 1 is 1.59 bits per heavy atom. The summed E-state index contributed by atoms with van der Waals surface area (Å²) < 4.78 is 6.82. The minimum Gasteiger partial charge on any atom is -0.497 e. The van der Waals surface area contributed by atoms with Gasteiger partial charge in [0.2, 0.25) is 0 Å². The summed E-state index contributed by atoms with van der Waals surface area (Å²) in [5.41, 5.74) is 0.839. The fraction of sp³-hybridized carbons (Fsp3) is 0.231. The van der Waals surface area contributed by atoms with Gasteiger partial charge < -0.3 is 9.84 Å². The van der Waals surface area contributed by atoms with Crippen molar-refractivity contribution in [2.45, 2.75) is 12.5 Å². The monoisotopic (exact) mass is 360 g/mol. The van der Waals surface area contributed by atoms with E-state index in [9.17, 15) is 5.11 Å². The van der Waals surface area contributed by atoms with Crippen LogP contribution in [0.5, 0.6) is 5.75 Å². The summed E-state index contributed by atoms with van der Waals surface area (Å²) in [6.07, 6.45) is 3.55. The molecular weight excluding hydrogens is 348 g/mol. The van der Waals surface area contributed by atoms with Gasteiger partial charge in [0.05, 0.1) is 13.2 Å². The maximum atomic E-state index is 10.0. The van der Waals surface area contributed by atoms with E-state index in [0.29, 0.717) is 6.42 Å². The molecule has 0 radical (unpaired) electrons. The number of rotatable bonds is 5. The quantitative estimate of drug-likeness (QED) is 0.790. The fourth-order valence-corrected chi connectivity index (χ4v) is 2.15. The number of hydrogen-bond acceptors (Lipinski definition) is 2. The Kier molecular flexibility index (Phi) is 5.95. The number of benzene rings is 1. The second-order valence-corrected chi connectivity index (χ2v) is 5.20. The molecule has 0 aromatic heterocycles. The van der Waals surface area contributed by atoms with E-state index in [1.165, 1.54) is 0 Å². The largest absolute Gasteiger partial charge is 0.497 e. The molecule has 1 aromatic rings. The van der Waals surface area contributed by atoms with Crippen molar-refractivity contribution in [2.75, 3.05) is 7.11 Å². The lowest BCUT2D eigenvalue weighted by molar-refractivity contribution is 0.180. The molecular formula is C13H14Br2O2. The summed E-state index contributed by atoms with van der Waals surface area (Å²) in [6.45, 7) is 3.63. The van der Waals surface area contributed by atoms with E-state index >= 15 is 0 Å². The van der Waals surface area contributed by atoms with E-state index in [4.69, 9.17) is 4.74 Å². The Morgan fingerprint density at radius 2 is 2.29 bits per heavy atom. The molecule has 0 heterocycles. The lowest BCUT2D eigenvalue weighted by Gasteiger charge is -2.12. The van der Waals surface area contributed by atoms with Crippen LogP contribution in [0, 0.1) is 0 Å². The van der Waals surface area contributed by atoms with E-state index in [-0.39, 0.29) is 0 Å². The molecule has 0 aliphatic carbocycles. The molecule has 1 aromatic carbocycles. The highest BCUT2D eigenvalue weighted by atomic mass is 79.9. The number of allylic oxidation sites excluding steroid dienone is 2. The van der Waals surface area contributed by atoms with Gasteiger partial charge in [-0.3, -0.25) is 0 Å². The first-order valence-corrected chi connectivity index (χ1v) is 6.66. The van der Waals surface area contributed by atoms with E-state index in [2.05, 4.69) is 38.4 Å². The summed E-state index contributed by atoms with van der Waals surface area (Å²) in [5.74, 6) is 0.760. The van der Waals surface area contributed by atoms with Crippen LogP contribution in [0.15, 0.2) is 45.9 Å². The maximum absolute atomic E-state index is 10.0. The van der Waals surface area contributed by atoms with Crippen molar-refractivity contribution in [3.8, 4) is 5.75 Å². The Morgan fingerprint density at radius 3 is 2.82 bits per heavy atom. The Balaban J connectivity index is 2.82. The van der Waals surface area contributed by atoms with Crippen LogP contribution in [0.1, 0.15) is 18.1 Å². The molecule has 2 nitrogen and oxygen atoms in total. The van der Waals surface area contributed by atoms with E-state index in [0.717, 1.165) is 20.3 Å². The van der Waals surface area contributed by atoms with Crippen molar-refractivity contribution in [2.24, 2.45) is 0 Å². The van der Waals surface area contributed by atoms with Gasteiger partial charge >= 0.3 is 0 Å². The molecule has 0 saturated carbocycles. The number of aliphatic hydroxyl groups excluding tert-OH is 1. The van der Waals surface area contributed by atoms with Crippen molar-refractivity contribution in [3.63, 3.8) is 0 Å². The average Bonchev–Trinajstić information content (AvgIpc) is 2.35. The number of halogens is 2. The minimum absolute atomic E-state index is 0.525. The zero-order valence-electron chi connectivity index (χ0n) is 9.49. The van der Waals surface area contributed by atoms with Crippen molar-refractivity contribution in [1.82, 2.24) is 0 Å². The lowest BCUT2D eigenvalue weighted by Crippen LogP contribution is -1.97. The molecule has 0 bridgehead atoms. The molecule has 0 fully saturated rings. The summed E-state index contributed by atoms with van der Waals surface area (Å²) in [6, 6.07) is 5.52. The number of aliphatic hydroxyl groups is 1. The molecule has 0 aliphatic rings. The van der Waals surface area contributed by atoms with E-state index < -0.39 is 6.10 Å². The molecule has 92 valence electrons. The van der Waals surface area contributed by atoms with Gasteiger partial charge in [0.25, 0.3) is 0 Å². The second-order valence-electron chi connectivity index (χ2n) is 3.43. The number of methoxy groups -OCH3 is 1. The standard InChI is InChI=1S/C13H14Br2O2/c1-3-9(14)4-7-13(16)11-6-5-10(17-2)8-12(11)15/h3-6,8,13,16H,1,7H2,2H3/b9-4-. The predicted molar refractivity (Wildman–Crippen MR) is 77.5 cm³/mol. The van der Waals surface area contributed by atoms with Crippen molar-refractivity contribution in [1.29, 1.82) is 0 Å². The maximum Gasteiger partial charge on any atom is 0.120 e. The summed E-state index contributed by atoms with van der Waals surface area (Å²) in [7, 11) is 1.61. The van der Waals surface area contributed by atoms with Crippen LogP contribution < -0.4 is 4.74 Å². The van der Waals surface area contributed by atoms with Crippen molar-refractivity contribution < 1.29 is 9.84 Å². The zero-order valence-corrected chi connectivity index (χ0v) is 12.7. The smallest absolute Gasteiger partial charge is 0.120 e. The molecule has 17 heavy (non-hydrogen) atoms. The Labute approximate surface area is 118 Å². The van der Waals surface area contributed by atoms with Crippen molar-refractivity contribution in [3.05, 3.63) is 51.4 Å². The summed E-state index contributed by atoms with van der Waals surface area (Å²) >= 11 is 6.74. The van der Waals surface area contributed by atoms with Gasteiger partial charge in [-0.05, 0) is 24.1 Å². The van der Waals surface area contributed by atoms with Crippen LogP contribution >= 0.6 is 31.9 Å². The predicted octanol–water partition coefficient (Wildman–Crippen LogP) is 4.35. The molecule has 1 atom stereocenters. The molecule has 1 unspecified atom stereocenters. The summed E-state index contributed by atoms with van der Waals surface area (Å²) in [4.78, 5) is 0. The molecule has 0 spiro atoms. The van der Waals surface area contributed by atoms with Gasteiger partial charge in [0, 0.05) is 8.96 Å². The molecule has 0 aliphatic heterocycles. The van der Waals surface area contributed by atoms with Gasteiger partial charge in [0.15, 0.2) is 0 Å².